The average Bonchev–Trinajstić information content (AvgIpc) is 2.66. The quantitative estimate of drug-likeness (QED) is 0.632. The van der Waals surface area contributed by atoms with E-state index in [0.29, 0.717) is 5.92 Å². The topological polar surface area (TPSA) is 47.3 Å². The van der Waals surface area contributed by atoms with Crippen LogP contribution in [0.5, 0.6) is 0 Å². The normalized spacial score (nSPS) is 28.2. The summed E-state index contributed by atoms with van der Waals surface area (Å²) in [6, 6.07) is 0. The van der Waals surface area contributed by atoms with Crippen LogP contribution >= 0.6 is 0 Å². The lowest BCUT2D eigenvalue weighted by Gasteiger charge is -2.24. The number of hydrogen-bond acceptors (Lipinski definition) is 3. The third-order valence-corrected chi connectivity index (χ3v) is 3.44. The maximum atomic E-state index is 5.71. The standard InChI is InChI=1S/C12H26N2O/c1-3-11(9-13)5-7-14-10-12(2)6-4-8-15-12/h11,14H,3-10,13H2,1-2H3. The van der Waals surface area contributed by atoms with E-state index >= 15 is 0 Å². The smallest absolute Gasteiger partial charge is 0.0779 e. The zero-order valence-corrected chi connectivity index (χ0v) is 10.2. The molecule has 0 aromatic rings. The highest BCUT2D eigenvalue weighted by atomic mass is 16.5. The van der Waals surface area contributed by atoms with Gasteiger partial charge in [0.1, 0.15) is 0 Å². The first-order valence-electron chi connectivity index (χ1n) is 6.25. The first-order chi connectivity index (χ1) is 7.20. The maximum absolute atomic E-state index is 5.71. The van der Waals surface area contributed by atoms with Gasteiger partial charge >= 0.3 is 0 Å². The molecule has 1 rings (SSSR count). The molecule has 1 saturated heterocycles. The Morgan fingerprint density at radius 1 is 1.53 bits per heavy atom. The Kier molecular flexibility index (Phi) is 5.58. The molecule has 0 aromatic carbocycles. The maximum Gasteiger partial charge on any atom is 0.0779 e. The molecular formula is C12H26N2O. The molecule has 1 aliphatic rings. The molecule has 0 amide bonds. The van der Waals surface area contributed by atoms with E-state index in [1.165, 1.54) is 25.7 Å². The molecule has 0 aliphatic carbocycles. The molecule has 0 radical (unpaired) electrons. The van der Waals surface area contributed by atoms with Gasteiger partial charge in [0.2, 0.25) is 0 Å². The zero-order chi connectivity index (χ0) is 11.1. The van der Waals surface area contributed by atoms with Crippen molar-refractivity contribution in [1.29, 1.82) is 0 Å². The molecule has 3 heteroatoms. The number of nitrogens with two attached hydrogens (primary N) is 1. The molecular weight excluding hydrogens is 188 g/mol. The van der Waals surface area contributed by atoms with E-state index in [9.17, 15) is 0 Å². The molecule has 1 aliphatic heterocycles. The highest BCUT2D eigenvalue weighted by Gasteiger charge is 2.28. The predicted molar refractivity (Wildman–Crippen MR) is 63.9 cm³/mol. The van der Waals surface area contributed by atoms with Gasteiger partial charge in [-0.15, -0.1) is 0 Å². The largest absolute Gasteiger partial charge is 0.374 e. The summed E-state index contributed by atoms with van der Waals surface area (Å²) >= 11 is 0. The Balaban J connectivity index is 2.05. The fourth-order valence-corrected chi connectivity index (χ4v) is 2.12. The van der Waals surface area contributed by atoms with Crippen LogP contribution in [0.3, 0.4) is 0 Å². The molecule has 15 heavy (non-hydrogen) atoms. The van der Waals surface area contributed by atoms with Crippen molar-refractivity contribution >= 4 is 0 Å². The Labute approximate surface area is 93.8 Å². The molecule has 2 unspecified atom stereocenters. The van der Waals surface area contributed by atoms with E-state index in [1.54, 1.807) is 0 Å². The van der Waals surface area contributed by atoms with E-state index in [4.69, 9.17) is 10.5 Å². The molecule has 1 heterocycles. The minimum atomic E-state index is 0.0877. The van der Waals surface area contributed by atoms with Gasteiger partial charge in [0.15, 0.2) is 0 Å². The van der Waals surface area contributed by atoms with Crippen LogP contribution in [0.1, 0.15) is 39.5 Å². The summed E-state index contributed by atoms with van der Waals surface area (Å²) in [5.41, 5.74) is 5.75. The highest BCUT2D eigenvalue weighted by Crippen LogP contribution is 2.23. The van der Waals surface area contributed by atoms with Gasteiger partial charge in [0.25, 0.3) is 0 Å². The van der Waals surface area contributed by atoms with E-state index < -0.39 is 0 Å². The molecule has 3 N–H and O–H groups in total. The van der Waals surface area contributed by atoms with Gasteiger partial charge in [0.05, 0.1) is 5.60 Å². The third-order valence-electron chi connectivity index (χ3n) is 3.44. The van der Waals surface area contributed by atoms with Gasteiger partial charge < -0.3 is 15.8 Å². The first-order valence-corrected chi connectivity index (χ1v) is 6.25. The van der Waals surface area contributed by atoms with Crippen LogP contribution in [-0.2, 0) is 4.74 Å². The van der Waals surface area contributed by atoms with Crippen LogP contribution in [-0.4, -0.2) is 31.8 Å². The van der Waals surface area contributed by atoms with Crippen molar-refractivity contribution in [1.82, 2.24) is 5.32 Å². The SMILES string of the molecule is CCC(CN)CCNCC1(C)CCCO1. The fourth-order valence-electron chi connectivity index (χ4n) is 2.12. The summed E-state index contributed by atoms with van der Waals surface area (Å²) in [5, 5.41) is 3.49. The van der Waals surface area contributed by atoms with Crippen molar-refractivity contribution < 1.29 is 4.74 Å². The first kappa shape index (κ1) is 12.9. The second kappa shape index (κ2) is 6.46. The summed E-state index contributed by atoms with van der Waals surface area (Å²) in [7, 11) is 0. The summed E-state index contributed by atoms with van der Waals surface area (Å²) in [6.07, 6.45) is 4.77. The van der Waals surface area contributed by atoms with E-state index in [0.717, 1.165) is 26.2 Å². The average molecular weight is 214 g/mol. The highest BCUT2D eigenvalue weighted by molar-refractivity contribution is 4.82. The van der Waals surface area contributed by atoms with Gasteiger partial charge in [-0.05, 0) is 45.2 Å². The Morgan fingerprint density at radius 3 is 2.87 bits per heavy atom. The second-order valence-corrected chi connectivity index (χ2v) is 4.88. The van der Waals surface area contributed by atoms with Crippen LogP contribution in [0.2, 0.25) is 0 Å². The molecule has 0 spiro atoms. The number of nitrogens with one attached hydrogen (secondary N) is 1. The van der Waals surface area contributed by atoms with Crippen molar-refractivity contribution in [2.75, 3.05) is 26.2 Å². The van der Waals surface area contributed by atoms with E-state index in [2.05, 4.69) is 19.2 Å². The zero-order valence-electron chi connectivity index (χ0n) is 10.2. The molecule has 0 aromatic heterocycles. The predicted octanol–water partition coefficient (Wildman–Crippen LogP) is 1.52. The van der Waals surface area contributed by atoms with Gasteiger partial charge in [-0.1, -0.05) is 13.3 Å². The summed E-state index contributed by atoms with van der Waals surface area (Å²) in [5.74, 6) is 0.676. The monoisotopic (exact) mass is 214 g/mol. The lowest BCUT2D eigenvalue weighted by atomic mass is 10.0. The number of rotatable bonds is 7. The minimum absolute atomic E-state index is 0.0877. The van der Waals surface area contributed by atoms with Crippen molar-refractivity contribution in [3.05, 3.63) is 0 Å². The molecule has 2 atom stereocenters. The third kappa shape index (κ3) is 4.49. The molecule has 1 fully saturated rings. The van der Waals surface area contributed by atoms with Crippen LogP contribution in [0.25, 0.3) is 0 Å². The Bertz CT molecular complexity index is 163. The minimum Gasteiger partial charge on any atom is -0.374 e. The van der Waals surface area contributed by atoms with Gasteiger partial charge in [0, 0.05) is 13.2 Å². The summed E-state index contributed by atoms with van der Waals surface area (Å²) < 4.78 is 5.71. The van der Waals surface area contributed by atoms with E-state index in [1.807, 2.05) is 0 Å². The molecule has 90 valence electrons. The Hall–Kier alpha value is -0.120. The molecule has 0 bridgehead atoms. The lowest BCUT2D eigenvalue weighted by Crippen LogP contribution is -2.38. The number of ether oxygens (including phenoxy) is 1. The van der Waals surface area contributed by atoms with Crippen molar-refractivity contribution in [3.8, 4) is 0 Å². The van der Waals surface area contributed by atoms with Crippen molar-refractivity contribution in [3.63, 3.8) is 0 Å². The number of hydrogen-bond donors (Lipinski definition) is 2. The van der Waals surface area contributed by atoms with Crippen molar-refractivity contribution in [2.24, 2.45) is 11.7 Å². The lowest BCUT2D eigenvalue weighted by molar-refractivity contribution is 0.0208. The second-order valence-electron chi connectivity index (χ2n) is 4.88. The molecule has 0 saturated carbocycles. The van der Waals surface area contributed by atoms with Gasteiger partial charge in [-0.3, -0.25) is 0 Å². The van der Waals surface area contributed by atoms with E-state index in [-0.39, 0.29) is 5.60 Å². The molecule has 3 nitrogen and oxygen atoms in total. The van der Waals surface area contributed by atoms with Gasteiger partial charge in [-0.2, -0.15) is 0 Å². The van der Waals surface area contributed by atoms with Gasteiger partial charge in [-0.25, -0.2) is 0 Å². The van der Waals surface area contributed by atoms with Crippen LogP contribution in [0.4, 0.5) is 0 Å². The summed E-state index contributed by atoms with van der Waals surface area (Å²) in [4.78, 5) is 0. The Morgan fingerprint density at radius 2 is 2.33 bits per heavy atom. The van der Waals surface area contributed by atoms with Crippen LogP contribution in [0, 0.1) is 5.92 Å². The fraction of sp³-hybridized carbons (Fsp3) is 1.00. The van der Waals surface area contributed by atoms with Crippen LogP contribution in [0.15, 0.2) is 0 Å². The summed E-state index contributed by atoms with van der Waals surface area (Å²) in [6.45, 7) is 8.19. The van der Waals surface area contributed by atoms with Crippen molar-refractivity contribution in [2.45, 2.75) is 45.1 Å². The van der Waals surface area contributed by atoms with Crippen LogP contribution < -0.4 is 11.1 Å².